The maximum Gasteiger partial charge on any atom is 0.0366 e. The molecule has 0 radical (unpaired) electrons. The maximum absolute atomic E-state index is 2.67. The lowest BCUT2D eigenvalue weighted by Crippen LogP contribution is -2.25. The number of hydrogen-bond donors (Lipinski definition) is 0. The lowest BCUT2D eigenvalue weighted by atomic mass is 10.0. The van der Waals surface area contributed by atoms with E-state index in [0.29, 0.717) is 0 Å². The van der Waals surface area contributed by atoms with Crippen molar-refractivity contribution >= 4 is 5.69 Å². The molecule has 0 unspecified atom stereocenters. The molecule has 0 heterocycles. The second-order valence-electron chi connectivity index (χ2n) is 11.6. The molecule has 0 spiro atoms. The van der Waals surface area contributed by atoms with E-state index < -0.39 is 0 Å². The van der Waals surface area contributed by atoms with Crippen molar-refractivity contribution in [2.24, 2.45) is 0 Å². The van der Waals surface area contributed by atoms with Crippen LogP contribution in [-0.2, 0) is 0 Å². The van der Waals surface area contributed by atoms with E-state index in [1.54, 1.807) is 0 Å². The number of benzene rings is 1. The van der Waals surface area contributed by atoms with Crippen LogP contribution in [0.3, 0.4) is 0 Å². The van der Waals surface area contributed by atoms with E-state index in [-0.39, 0.29) is 0 Å². The van der Waals surface area contributed by atoms with E-state index in [1.165, 1.54) is 178 Å². The standard InChI is InChI=1S/C35H65N/c1-4-6-8-10-12-14-16-17-18-19-21-23-25-27-33-36(35-30-28-34(3)29-31-35)32-26-24-22-20-15-13-11-9-7-5-2/h28-31H,4-27,32-33H2,1-3H3. The molecule has 210 valence electrons. The third kappa shape index (κ3) is 20.1. The molecule has 0 saturated carbocycles. The molecule has 1 nitrogen and oxygen atoms in total. The summed E-state index contributed by atoms with van der Waals surface area (Å²) in [7, 11) is 0. The fourth-order valence-electron chi connectivity index (χ4n) is 5.41. The van der Waals surface area contributed by atoms with Gasteiger partial charge in [0.25, 0.3) is 0 Å². The van der Waals surface area contributed by atoms with Crippen molar-refractivity contribution in [3.05, 3.63) is 29.8 Å². The minimum absolute atomic E-state index is 1.23. The average molecular weight is 500 g/mol. The van der Waals surface area contributed by atoms with Gasteiger partial charge in [-0.3, -0.25) is 0 Å². The molecule has 0 aliphatic carbocycles. The van der Waals surface area contributed by atoms with Crippen LogP contribution in [0, 0.1) is 6.92 Å². The molecule has 1 rings (SSSR count). The highest BCUT2D eigenvalue weighted by Gasteiger charge is 2.06. The van der Waals surface area contributed by atoms with E-state index in [2.05, 4.69) is 49.9 Å². The van der Waals surface area contributed by atoms with Crippen molar-refractivity contribution in [1.82, 2.24) is 0 Å². The molecule has 0 N–H and O–H groups in total. The molecular formula is C35H65N. The van der Waals surface area contributed by atoms with Gasteiger partial charge in [0.2, 0.25) is 0 Å². The van der Waals surface area contributed by atoms with Gasteiger partial charge in [-0.05, 0) is 31.9 Å². The molecule has 0 amide bonds. The van der Waals surface area contributed by atoms with Gasteiger partial charge in [0.05, 0.1) is 0 Å². The predicted octanol–water partition coefficient (Wildman–Crippen LogP) is 12.2. The normalized spacial score (nSPS) is 11.3. The smallest absolute Gasteiger partial charge is 0.0366 e. The van der Waals surface area contributed by atoms with Crippen molar-refractivity contribution in [2.45, 2.75) is 175 Å². The molecule has 0 aromatic heterocycles. The minimum atomic E-state index is 1.23. The van der Waals surface area contributed by atoms with Gasteiger partial charge in [-0.1, -0.05) is 173 Å². The first-order chi connectivity index (χ1) is 17.8. The highest BCUT2D eigenvalue weighted by molar-refractivity contribution is 5.47. The Hall–Kier alpha value is -0.980. The summed E-state index contributed by atoms with van der Waals surface area (Å²) in [6, 6.07) is 9.25. The van der Waals surface area contributed by atoms with Crippen molar-refractivity contribution in [1.29, 1.82) is 0 Å². The van der Waals surface area contributed by atoms with Gasteiger partial charge >= 0.3 is 0 Å². The predicted molar refractivity (Wildman–Crippen MR) is 166 cm³/mol. The molecule has 0 fully saturated rings. The average Bonchev–Trinajstić information content (AvgIpc) is 2.89. The third-order valence-electron chi connectivity index (χ3n) is 7.96. The largest absolute Gasteiger partial charge is 0.372 e. The summed E-state index contributed by atoms with van der Waals surface area (Å²) in [4.78, 5) is 2.67. The van der Waals surface area contributed by atoms with Crippen LogP contribution in [0.15, 0.2) is 24.3 Å². The lowest BCUT2D eigenvalue weighted by Gasteiger charge is -2.25. The number of nitrogens with zero attached hydrogens (tertiary/aromatic N) is 1. The van der Waals surface area contributed by atoms with Gasteiger partial charge in [0.15, 0.2) is 0 Å². The van der Waals surface area contributed by atoms with Crippen LogP contribution in [0.1, 0.15) is 174 Å². The Morgan fingerprint density at radius 3 is 0.972 bits per heavy atom. The van der Waals surface area contributed by atoms with Crippen LogP contribution in [0.4, 0.5) is 5.69 Å². The van der Waals surface area contributed by atoms with Crippen LogP contribution in [0.25, 0.3) is 0 Å². The molecule has 1 aromatic rings. The van der Waals surface area contributed by atoms with Crippen LogP contribution in [0.5, 0.6) is 0 Å². The first-order valence-electron chi connectivity index (χ1n) is 16.6. The summed E-state index contributed by atoms with van der Waals surface area (Å²) in [5.41, 5.74) is 2.81. The first kappa shape index (κ1) is 33.0. The summed E-state index contributed by atoms with van der Waals surface area (Å²) in [5.74, 6) is 0. The van der Waals surface area contributed by atoms with Gasteiger partial charge in [-0.25, -0.2) is 0 Å². The SMILES string of the molecule is CCCCCCCCCCCCCCCCN(CCCCCCCCCCCC)c1ccc(C)cc1. The first-order valence-corrected chi connectivity index (χ1v) is 16.6. The van der Waals surface area contributed by atoms with E-state index in [4.69, 9.17) is 0 Å². The number of rotatable bonds is 27. The number of hydrogen-bond acceptors (Lipinski definition) is 1. The second kappa shape index (κ2) is 25.7. The van der Waals surface area contributed by atoms with Crippen LogP contribution in [0.2, 0.25) is 0 Å². The van der Waals surface area contributed by atoms with E-state index in [9.17, 15) is 0 Å². The zero-order chi connectivity index (χ0) is 25.9. The van der Waals surface area contributed by atoms with Crippen molar-refractivity contribution in [3.63, 3.8) is 0 Å². The van der Waals surface area contributed by atoms with E-state index >= 15 is 0 Å². The zero-order valence-electron chi connectivity index (χ0n) is 25.1. The molecule has 1 aromatic carbocycles. The molecule has 0 aliphatic rings. The molecule has 1 heteroatoms. The van der Waals surface area contributed by atoms with Crippen molar-refractivity contribution in [3.8, 4) is 0 Å². The number of anilines is 1. The Morgan fingerprint density at radius 1 is 0.389 bits per heavy atom. The second-order valence-corrected chi connectivity index (χ2v) is 11.6. The summed E-state index contributed by atoms with van der Waals surface area (Å²) < 4.78 is 0. The van der Waals surface area contributed by atoms with Gasteiger partial charge in [-0.2, -0.15) is 0 Å². The quantitative estimate of drug-likeness (QED) is 0.109. The van der Waals surface area contributed by atoms with E-state index in [0.717, 1.165) is 0 Å². The highest BCUT2D eigenvalue weighted by Crippen LogP contribution is 2.19. The fraction of sp³-hybridized carbons (Fsp3) is 0.829. The van der Waals surface area contributed by atoms with Gasteiger partial charge in [0, 0.05) is 18.8 Å². The summed E-state index contributed by atoms with van der Waals surface area (Å²) >= 11 is 0. The molecule has 0 aliphatic heterocycles. The Balaban J connectivity index is 2.09. The number of aryl methyl sites for hydroxylation is 1. The van der Waals surface area contributed by atoms with Crippen LogP contribution in [-0.4, -0.2) is 13.1 Å². The Bertz CT molecular complexity index is 548. The van der Waals surface area contributed by atoms with Gasteiger partial charge < -0.3 is 4.90 Å². The lowest BCUT2D eigenvalue weighted by molar-refractivity contribution is 0.532. The Kier molecular flexibility index (Phi) is 23.6. The molecule has 36 heavy (non-hydrogen) atoms. The van der Waals surface area contributed by atoms with E-state index in [1.807, 2.05) is 0 Å². The zero-order valence-corrected chi connectivity index (χ0v) is 25.1. The number of unbranched alkanes of at least 4 members (excludes halogenated alkanes) is 22. The van der Waals surface area contributed by atoms with Gasteiger partial charge in [-0.15, -0.1) is 0 Å². The third-order valence-corrected chi connectivity index (χ3v) is 7.96. The van der Waals surface area contributed by atoms with Crippen molar-refractivity contribution in [2.75, 3.05) is 18.0 Å². The minimum Gasteiger partial charge on any atom is -0.372 e. The van der Waals surface area contributed by atoms with Crippen molar-refractivity contribution < 1.29 is 0 Å². The maximum atomic E-state index is 2.67. The highest BCUT2D eigenvalue weighted by atomic mass is 15.1. The Morgan fingerprint density at radius 2 is 0.667 bits per heavy atom. The molecular weight excluding hydrogens is 434 g/mol. The molecule has 0 saturated heterocycles. The topological polar surface area (TPSA) is 3.24 Å². The Labute approximate surface area is 228 Å². The summed E-state index contributed by atoms with van der Waals surface area (Å²) in [6.07, 6.45) is 34.3. The summed E-state index contributed by atoms with van der Waals surface area (Å²) in [5, 5.41) is 0. The summed E-state index contributed by atoms with van der Waals surface area (Å²) in [6.45, 7) is 9.28. The fourth-order valence-corrected chi connectivity index (χ4v) is 5.41. The van der Waals surface area contributed by atoms with Gasteiger partial charge in [0.1, 0.15) is 0 Å². The molecule has 0 bridgehead atoms. The van der Waals surface area contributed by atoms with Crippen LogP contribution < -0.4 is 4.90 Å². The molecule has 0 atom stereocenters. The van der Waals surface area contributed by atoms with Crippen LogP contribution >= 0.6 is 0 Å². The monoisotopic (exact) mass is 500 g/mol.